The Bertz CT molecular complexity index is 171. The van der Waals surface area contributed by atoms with E-state index in [4.69, 9.17) is 0 Å². The summed E-state index contributed by atoms with van der Waals surface area (Å²) in [5.74, 6) is 0.456. The molecule has 1 amide bonds. The molecule has 0 saturated carbocycles. The lowest BCUT2D eigenvalue weighted by Gasteiger charge is -2.18. The third-order valence-electron chi connectivity index (χ3n) is 2.22. The van der Waals surface area contributed by atoms with Gasteiger partial charge < -0.3 is 5.32 Å². The minimum absolute atomic E-state index is 0.0634. The molecular formula is C11H22BrNO. The Kier molecular flexibility index (Phi) is 7.24. The molecular weight excluding hydrogens is 242 g/mol. The van der Waals surface area contributed by atoms with E-state index >= 15 is 0 Å². The van der Waals surface area contributed by atoms with Gasteiger partial charge in [0, 0.05) is 6.04 Å². The number of unbranched alkanes of at least 4 members (excludes halogenated alkanes) is 1. The summed E-state index contributed by atoms with van der Waals surface area (Å²) in [5.41, 5.74) is 0. The first-order valence-electron chi connectivity index (χ1n) is 5.43. The van der Waals surface area contributed by atoms with Crippen LogP contribution in [0, 0.1) is 5.92 Å². The molecule has 0 aromatic heterocycles. The Hall–Kier alpha value is -0.0500. The Morgan fingerprint density at radius 1 is 1.36 bits per heavy atom. The summed E-state index contributed by atoms with van der Waals surface area (Å²) in [5, 5.41) is 3.01. The summed E-state index contributed by atoms with van der Waals surface area (Å²) >= 11 is 3.39. The summed E-state index contributed by atoms with van der Waals surface area (Å²) in [6, 6.07) is 0.293. The van der Waals surface area contributed by atoms with Crippen LogP contribution in [0.25, 0.3) is 0 Å². The van der Waals surface area contributed by atoms with E-state index < -0.39 is 0 Å². The molecule has 0 bridgehead atoms. The Balaban J connectivity index is 3.81. The van der Waals surface area contributed by atoms with Crippen molar-refractivity contribution in [1.82, 2.24) is 5.32 Å². The van der Waals surface area contributed by atoms with E-state index in [0.717, 1.165) is 6.42 Å². The van der Waals surface area contributed by atoms with E-state index in [1.807, 2.05) is 13.8 Å². The number of carbonyl (C=O) groups is 1. The molecule has 0 aromatic carbocycles. The van der Waals surface area contributed by atoms with E-state index in [1.54, 1.807) is 0 Å². The van der Waals surface area contributed by atoms with Crippen molar-refractivity contribution in [2.24, 2.45) is 5.92 Å². The van der Waals surface area contributed by atoms with Crippen LogP contribution in [0.3, 0.4) is 0 Å². The number of alkyl halides is 1. The summed E-state index contributed by atoms with van der Waals surface area (Å²) in [4.78, 5) is 11.5. The largest absolute Gasteiger partial charge is 0.353 e. The second kappa shape index (κ2) is 7.27. The van der Waals surface area contributed by atoms with Crippen LogP contribution in [-0.2, 0) is 4.79 Å². The lowest BCUT2D eigenvalue weighted by atomic mass is 10.1. The number of carbonyl (C=O) groups excluding carboxylic acids is 1. The molecule has 0 rings (SSSR count). The topological polar surface area (TPSA) is 29.1 Å². The number of halogens is 1. The van der Waals surface area contributed by atoms with Crippen LogP contribution in [0.15, 0.2) is 0 Å². The van der Waals surface area contributed by atoms with Gasteiger partial charge in [-0.05, 0) is 19.3 Å². The fraction of sp³-hybridized carbons (Fsp3) is 0.909. The lowest BCUT2D eigenvalue weighted by Crippen LogP contribution is -2.39. The van der Waals surface area contributed by atoms with Crippen molar-refractivity contribution < 1.29 is 4.79 Å². The Morgan fingerprint density at radius 3 is 2.36 bits per heavy atom. The van der Waals surface area contributed by atoms with Gasteiger partial charge in [0.15, 0.2) is 0 Å². The Labute approximate surface area is 96.0 Å². The molecule has 2 nitrogen and oxygen atoms in total. The Morgan fingerprint density at radius 2 is 1.93 bits per heavy atom. The molecule has 2 atom stereocenters. The minimum Gasteiger partial charge on any atom is -0.353 e. The van der Waals surface area contributed by atoms with Crippen molar-refractivity contribution in [2.75, 3.05) is 0 Å². The quantitative estimate of drug-likeness (QED) is 0.734. The van der Waals surface area contributed by atoms with Crippen molar-refractivity contribution in [3.05, 3.63) is 0 Å². The summed E-state index contributed by atoms with van der Waals surface area (Å²) in [7, 11) is 0. The van der Waals surface area contributed by atoms with Gasteiger partial charge in [-0.2, -0.15) is 0 Å². The predicted molar refractivity (Wildman–Crippen MR) is 64.7 cm³/mol. The third-order valence-corrected chi connectivity index (χ3v) is 3.69. The normalized spacial score (nSPS) is 15.3. The molecule has 0 saturated heterocycles. The van der Waals surface area contributed by atoms with Crippen LogP contribution >= 0.6 is 15.9 Å². The smallest absolute Gasteiger partial charge is 0.234 e. The summed E-state index contributed by atoms with van der Waals surface area (Å²) in [6.07, 6.45) is 3.43. The van der Waals surface area contributed by atoms with Crippen molar-refractivity contribution in [1.29, 1.82) is 0 Å². The maximum atomic E-state index is 11.6. The van der Waals surface area contributed by atoms with Crippen molar-refractivity contribution in [3.8, 4) is 0 Å². The fourth-order valence-electron chi connectivity index (χ4n) is 1.21. The van der Waals surface area contributed by atoms with Crippen LogP contribution in [-0.4, -0.2) is 16.8 Å². The third kappa shape index (κ3) is 5.63. The molecule has 0 aliphatic heterocycles. The molecule has 0 aliphatic rings. The first-order chi connectivity index (χ1) is 6.49. The SMILES string of the molecule is CCCCC(C)NC(=O)C(Br)C(C)C. The van der Waals surface area contributed by atoms with Gasteiger partial charge in [-0.15, -0.1) is 0 Å². The molecule has 1 N–H and O–H groups in total. The van der Waals surface area contributed by atoms with Gasteiger partial charge in [-0.3, -0.25) is 4.79 Å². The average molecular weight is 264 g/mol. The number of rotatable bonds is 6. The van der Waals surface area contributed by atoms with Gasteiger partial charge in [0.05, 0.1) is 4.83 Å². The van der Waals surface area contributed by atoms with Gasteiger partial charge >= 0.3 is 0 Å². The van der Waals surface area contributed by atoms with Crippen LogP contribution in [0.2, 0.25) is 0 Å². The highest BCUT2D eigenvalue weighted by Gasteiger charge is 2.19. The van der Waals surface area contributed by atoms with Crippen LogP contribution in [0.1, 0.15) is 47.0 Å². The number of amides is 1. The molecule has 0 fully saturated rings. The molecule has 0 aromatic rings. The van der Waals surface area contributed by atoms with E-state index in [9.17, 15) is 4.79 Å². The zero-order chi connectivity index (χ0) is 11.1. The highest BCUT2D eigenvalue weighted by atomic mass is 79.9. The maximum absolute atomic E-state index is 11.6. The number of nitrogens with one attached hydrogen (secondary N) is 1. The number of hydrogen-bond acceptors (Lipinski definition) is 1. The van der Waals surface area contributed by atoms with Crippen molar-refractivity contribution in [3.63, 3.8) is 0 Å². The first-order valence-corrected chi connectivity index (χ1v) is 6.35. The highest BCUT2D eigenvalue weighted by molar-refractivity contribution is 9.10. The zero-order valence-corrected chi connectivity index (χ0v) is 11.2. The molecule has 0 radical (unpaired) electrons. The van der Waals surface area contributed by atoms with E-state index in [0.29, 0.717) is 12.0 Å². The molecule has 0 heterocycles. The minimum atomic E-state index is -0.0634. The van der Waals surface area contributed by atoms with Crippen LogP contribution in [0.5, 0.6) is 0 Å². The van der Waals surface area contributed by atoms with E-state index in [2.05, 4.69) is 35.1 Å². The highest BCUT2D eigenvalue weighted by Crippen LogP contribution is 2.12. The maximum Gasteiger partial charge on any atom is 0.234 e. The second-order valence-electron chi connectivity index (χ2n) is 4.20. The van der Waals surface area contributed by atoms with Gasteiger partial charge in [0.1, 0.15) is 0 Å². The molecule has 0 aliphatic carbocycles. The standard InChI is InChI=1S/C11H22BrNO/c1-5-6-7-9(4)13-11(14)10(12)8(2)3/h8-10H,5-7H2,1-4H3,(H,13,14). The van der Waals surface area contributed by atoms with E-state index in [-0.39, 0.29) is 10.7 Å². The zero-order valence-electron chi connectivity index (χ0n) is 9.64. The first kappa shape index (κ1) is 13.9. The van der Waals surface area contributed by atoms with Crippen molar-refractivity contribution in [2.45, 2.75) is 57.8 Å². The molecule has 14 heavy (non-hydrogen) atoms. The van der Waals surface area contributed by atoms with Gasteiger partial charge in [0.25, 0.3) is 0 Å². The predicted octanol–water partition coefficient (Wildman–Crippen LogP) is 3.10. The fourth-order valence-corrected chi connectivity index (χ4v) is 1.34. The van der Waals surface area contributed by atoms with Crippen LogP contribution in [0.4, 0.5) is 0 Å². The van der Waals surface area contributed by atoms with Gasteiger partial charge in [-0.1, -0.05) is 49.5 Å². The van der Waals surface area contributed by atoms with Crippen molar-refractivity contribution >= 4 is 21.8 Å². The average Bonchev–Trinajstić information content (AvgIpc) is 2.13. The second-order valence-corrected chi connectivity index (χ2v) is 5.18. The molecule has 84 valence electrons. The van der Waals surface area contributed by atoms with Gasteiger partial charge in [0.2, 0.25) is 5.91 Å². The van der Waals surface area contributed by atoms with Crippen LogP contribution < -0.4 is 5.32 Å². The monoisotopic (exact) mass is 263 g/mol. The summed E-state index contributed by atoms with van der Waals surface area (Å²) in [6.45, 7) is 8.30. The van der Waals surface area contributed by atoms with Gasteiger partial charge in [-0.25, -0.2) is 0 Å². The molecule has 2 unspecified atom stereocenters. The summed E-state index contributed by atoms with van der Waals surface area (Å²) < 4.78 is 0. The lowest BCUT2D eigenvalue weighted by molar-refractivity contribution is -0.121. The molecule has 3 heteroatoms. The molecule has 0 spiro atoms. The number of hydrogen-bond donors (Lipinski definition) is 1. The van der Waals surface area contributed by atoms with E-state index in [1.165, 1.54) is 12.8 Å².